The van der Waals surface area contributed by atoms with Crippen molar-refractivity contribution >= 4 is 29.1 Å². The van der Waals surface area contributed by atoms with E-state index in [1.807, 2.05) is 22.2 Å². The van der Waals surface area contributed by atoms with Crippen LogP contribution >= 0.6 is 11.6 Å². The van der Waals surface area contributed by atoms with Gasteiger partial charge in [0, 0.05) is 73.6 Å². The summed E-state index contributed by atoms with van der Waals surface area (Å²) >= 11 is 5.90. The van der Waals surface area contributed by atoms with Gasteiger partial charge in [-0.3, -0.25) is 9.59 Å². The number of piperidine rings is 1. The molecule has 0 spiro atoms. The average molecular weight is 414 g/mol. The van der Waals surface area contributed by atoms with E-state index in [2.05, 4.69) is 22.0 Å². The van der Waals surface area contributed by atoms with E-state index in [0.29, 0.717) is 23.7 Å². The Labute approximate surface area is 176 Å². The molecule has 4 rings (SSSR count). The van der Waals surface area contributed by atoms with Gasteiger partial charge in [-0.15, -0.1) is 0 Å². The summed E-state index contributed by atoms with van der Waals surface area (Å²) in [5, 5.41) is 0.622. The minimum Gasteiger partial charge on any atom is -0.368 e. The summed E-state index contributed by atoms with van der Waals surface area (Å²) in [5.74, 6) is 0.271. The summed E-state index contributed by atoms with van der Waals surface area (Å²) in [7, 11) is 0. The summed E-state index contributed by atoms with van der Waals surface area (Å²) in [6.07, 6.45) is 5.30. The van der Waals surface area contributed by atoms with Crippen molar-refractivity contribution in [3.05, 3.63) is 59.4 Å². The first-order valence-electron chi connectivity index (χ1n) is 10.2. The van der Waals surface area contributed by atoms with Crippen LogP contribution in [0.2, 0.25) is 5.02 Å². The zero-order valence-corrected chi connectivity index (χ0v) is 17.1. The van der Waals surface area contributed by atoms with Crippen LogP contribution in [-0.2, 0) is 4.79 Å². The molecule has 2 aliphatic heterocycles. The number of nitrogens with one attached hydrogen (secondary N) is 1. The number of likely N-dealkylation sites (tertiary alicyclic amines) is 1. The molecule has 2 aliphatic rings. The quantitative estimate of drug-likeness (QED) is 0.776. The van der Waals surface area contributed by atoms with Gasteiger partial charge >= 0.3 is 0 Å². The van der Waals surface area contributed by atoms with Crippen LogP contribution in [0.4, 0.5) is 5.69 Å². The van der Waals surface area contributed by atoms with E-state index < -0.39 is 0 Å². The van der Waals surface area contributed by atoms with Crippen LogP contribution in [0.5, 0.6) is 0 Å². The van der Waals surface area contributed by atoms with E-state index in [0.717, 1.165) is 39.0 Å². The number of rotatable bonds is 3. The number of aromatic nitrogens is 1. The number of aromatic amines is 1. The largest absolute Gasteiger partial charge is 0.368 e. The third kappa shape index (κ3) is 4.53. The summed E-state index contributed by atoms with van der Waals surface area (Å²) in [6, 6.07) is 11.1. The maximum Gasteiger partial charge on any atom is 0.253 e. The second-order valence-corrected chi connectivity index (χ2v) is 8.08. The van der Waals surface area contributed by atoms with E-state index in [9.17, 15) is 9.59 Å². The Hall–Kier alpha value is -2.60. The molecule has 3 heterocycles. The minimum absolute atomic E-state index is 0.0151. The number of hydrogen-bond donors (Lipinski definition) is 0. The number of amides is 2. The number of piperazine rings is 1. The lowest BCUT2D eigenvalue weighted by Crippen LogP contribution is -2.52. The number of halogens is 1. The number of nitrogens with zero attached hydrogens (tertiary/aromatic N) is 3. The predicted molar refractivity (Wildman–Crippen MR) is 112 cm³/mol. The molecule has 0 unspecified atom stereocenters. The molecule has 2 saturated heterocycles. The molecule has 7 heteroatoms. The van der Waals surface area contributed by atoms with Crippen molar-refractivity contribution in [2.45, 2.75) is 12.8 Å². The smallest absolute Gasteiger partial charge is 0.253 e. The SMILES string of the molecule is O=C(c1ccc(Cl)cc1)N1CCC(C(=O)N2CCN(c3cc[nH+]cc3)CC2)CC1. The van der Waals surface area contributed by atoms with E-state index in [-0.39, 0.29) is 17.7 Å². The molecule has 1 N–H and O–H groups in total. The summed E-state index contributed by atoms with van der Waals surface area (Å²) < 4.78 is 0. The summed E-state index contributed by atoms with van der Waals surface area (Å²) in [6.45, 7) is 4.45. The van der Waals surface area contributed by atoms with Gasteiger partial charge in [0.1, 0.15) is 0 Å². The molecule has 0 bridgehead atoms. The molecule has 0 saturated carbocycles. The highest BCUT2D eigenvalue weighted by molar-refractivity contribution is 6.30. The normalized spacial score (nSPS) is 18.0. The number of benzene rings is 1. The van der Waals surface area contributed by atoms with Crippen molar-refractivity contribution in [3.63, 3.8) is 0 Å². The van der Waals surface area contributed by atoms with Crippen molar-refractivity contribution in [3.8, 4) is 0 Å². The van der Waals surface area contributed by atoms with Crippen LogP contribution in [0, 0.1) is 5.92 Å². The van der Waals surface area contributed by atoms with Gasteiger partial charge < -0.3 is 14.7 Å². The van der Waals surface area contributed by atoms with Gasteiger partial charge in [-0.25, -0.2) is 4.98 Å². The van der Waals surface area contributed by atoms with Crippen LogP contribution in [-0.4, -0.2) is 60.9 Å². The fraction of sp³-hybridized carbons (Fsp3) is 0.409. The molecular weight excluding hydrogens is 388 g/mol. The molecule has 1 aromatic heterocycles. The van der Waals surface area contributed by atoms with Gasteiger partial charge in [0.05, 0.1) is 0 Å². The van der Waals surface area contributed by atoms with Crippen LogP contribution in [0.25, 0.3) is 0 Å². The lowest BCUT2D eigenvalue weighted by atomic mass is 9.94. The Morgan fingerprint density at radius 3 is 2.07 bits per heavy atom. The molecule has 29 heavy (non-hydrogen) atoms. The van der Waals surface area contributed by atoms with E-state index in [1.165, 1.54) is 5.69 Å². The van der Waals surface area contributed by atoms with Crippen LogP contribution in [0.15, 0.2) is 48.8 Å². The number of anilines is 1. The number of carbonyl (C=O) groups is 2. The molecule has 2 aromatic rings. The van der Waals surface area contributed by atoms with Crippen molar-refractivity contribution in [2.75, 3.05) is 44.2 Å². The average Bonchev–Trinajstić information content (AvgIpc) is 2.79. The lowest BCUT2D eigenvalue weighted by molar-refractivity contribution is -0.377. The van der Waals surface area contributed by atoms with Crippen LogP contribution in [0.1, 0.15) is 23.2 Å². The lowest BCUT2D eigenvalue weighted by Gasteiger charge is -2.39. The van der Waals surface area contributed by atoms with Crippen molar-refractivity contribution in [1.82, 2.24) is 9.80 Å². The van der Waals surface area contributed by atoms with Crippen LogP contribution < -0.4 is 9.88 Å². The Morgan fingerprint density at radius 2 is 1.45 bits per heavy atom. The molecule has 6 nitrogen and oxygen atoms in total. The zero-order chi connectivity index (χ0) is 20.2. The molecule has 152 valence electrons. The molecule has 2 amide bonds. The van der Waals surface area contributed by atoms with E-state index in [4.69, 9.17) is 11.6 Å². The van der Waals surface area contributed by atoms with Crippen LogP contribution in [0.3, 0.4) is 0 Å². The Balaban J connectivity index is 1.27. The van der Waals surface area contributed by atoms with Gasteiger partial charge in [0.2, 0.25) is 5.91 Å². The monoisotopic (exact) mass is 413 g/mol. The van der Waals surface area contributed by atoms with Gasteiger partial charge in [0.25, 0.3) is 5.91 Å². The standard InChI is InChI=1S/C22H25ClN4O2/c23-19-3-1-17(2-4-19)21(28)26-11-7-18(8-12-26)22(29)27-15-13-25(14-16-27)20-5-9-24-10-6-20/h1-6,9-10,18H,7-8,11-16H2/p+1. The topological polar surface area (TPSA) is 58.0 Å². The molecule has 2 fully saturated rings. The maximum atomic E-state index is 13.0. The second-order valence-electron chi connectivity index (χ2n) is 7.64. The van der Waals surface area contributed by atoms with Gasteiger partial charge in [-0.1, -0.05) is 11.6 Å². The fourth-order valence-electron chi connectivity index (χ4n) is 4.14. The number of H-pyrrole nitrogens is 1. The molecule has 0 atom stereocenters. The first kappa shape index (κ1) is 19.7. The summed E-state index contributed by atoms with van der Waals surface area (Å²) in [5.41, 5.74) is 1.83. The molecule has 0 aliphatic carbocycles. The minimum atomic E-state index is 0.0151. The highest BCUT2D eigenvalue weighted by Crippen LogP contribution is 2.23. The number of hydrogen-bond acceptors (Lipinski definition) is 3. The molecule has 1 aromatic carbocycles. The predicted octanol–water partition coefficient (Wildman–Crippen LogP) is 2.36. The Bertz CT molecular complexity index is 843. The fourth-order valence-corrected chi connectivity index (χ4v) is 4.26. The first-order valence-corrected chi connectivity index (χ1v) is 10.5. The summed E-state index contributed by atoms with van der Waals surface area (Å²) in [4.78, 5) is 34.8. The van der Waals surface area contributed by atoms with E-state index in [1.54, 1.807) is 24.3 Å². The molecular formula is C22H26ClN4O2+. The van der Waals surface area contributed by atoms with Gasteiger partial charge in [0.15, 0.2) is 12.4 Å². The molecule has 0 radical (unpaired) electrons. The third-order valence-corrected chi connectivity index (χ3v) is 6.13. The number of carbonyl (C=O) groups excluding carboxylic acids is 2. The third-order valence-electron chi connectivity index (χ3n) is 5.88. The van der Waals surface area contributed by atoms with Crippen molar-refractivity contribution in [1.29, 1.82) is 0 Å². The maximum absolute atomic E-state index is 13.0. The highest BCUT2D eigenvalue weighted by atomic mass is 35.5. The van der Waals surface area contributed by atoms with E-state index >= 15 is 0 Å². The highest BCUT2D eigenvalue weighted by Gasteiger charge is 2.32. The second kappa shape index (κ2) is 8.82. The van der Waals surface area contributed by atoms with Gasteiger partial charge in [-0.2, -0.15) is 0 Å². The Morgan fingerprint density at radius 1 is 0.828 bits per heavy atom. The van der Waals surface area contributed by atoms with Crippen molar-refractivity contribution < 1.29 is 14.6 Å². The number of pyridine rings is 1. The van der Waals surface area contributed by atoms with Crippen molar-refractivity contribution in [2.24, 2.45) is 5.92 Å². The first-order chi connectivity index (χ1) is 14.1. The zero-order valence-electron chi connectivity index (χ0n) is 16.4. The van der Waals surface area contributed by atoms with Gasteiger partial charge in [-0.05, 0) is 37.1 Å². The Kier molecular flexibility index (Phi) is 6.00.